The molecular formula is C15H25N3O. The van der Waals surface area contributed by atoms with Crippen molar-refractivity contribution in [2.45, 2.75) is 39.8 Å². The summed E-state index contributed by atoms with van der Waals surface area (Å²) in [6, 6.07) is 0.600. The fraction of sp³-hybridized carbons (Fsp3) is 0.667. The molecule has 1 atom stereocenters. The van der Waals surface area contributed by atoms with Crippen LogP contribution in [0.25, 0.3) is 0 Å². The first-order chi connectivity index (χ1) is 9.13. The van der Waals surface area contributed by atoms with E-state index in [1.54, 1.807) is 7.11 Å². The Hall–Kier alpha value is -1.13. The molecule has 106 valence electrons. The zero-order valence-corrected chi connectivity index (χ0v) is 12.5. The van der Waals surface area contributed by atoms with Crippen molar-refractivity contribution in [3.63, 3.8) is 0 Å². The number of ether oxygens (including phenoxy) is 1. The van der Waals surface area contributed by atoms with Crippen LogP contribution in [0.4, 0.5) is 0 Å². The van der Waals surface area contributed by atoms with Gasteiger partial charge >= 0.3 is 0 Å². The number of hydrogen-bond acceptors (Lipinski definition) is 4. The third-order valence-corrected chi connectivity index (χ3v) is 4.04. The van der Waals surface area contributed by atoms with Gasteiger partial charge in [0.1, 0.15) is 5.75 Å². The van der Waals surface area contributed by atoms with Gasteiger partial charge in [-0.25, -0.2) is 0 Å². The molecule has 4 heteroatoms. The van der Waals surface area contributed by atoms with Gasteiger partial charge in [-0.1, -0.05) is 0 Å². The largest absolute Gasteiger partial charge is 0.496 e. The predicted molar refractivity (Wildman–Crippen MR) is 77.6 cm³/mol. The third-order valence-electron chi connectivity index (χ3n) is 4.04. The van der Waals surface area contributed by atoms with Gasteiger partial charge in [0.2, 0.25) is 0 Å². The highest BCUT2D eigenvalue weighted by atomic mass is 16.5. The number of rotatable bonds is 3. The van der Waals surface area contributed by atoms with Crippen LogP contribution in [0.3, 0.4) is 0 Å². The normalized spacial score (nSPS) is 21.2. The molecule has 0 aliphatic carbocycles. The Kier molecular flexibility index (Phi) is 4.77. The number of nitrogens with one attached hydrogen (secondary N) is 1. The van der Waals surface area contributed by atoms with Crippen LogP contribution in [0.15, 0.2) is 6.20 Å². The van der Waals surface area contributed by atoms with Crippen molar-refractivity contribution in [1.82, 2.24) is 15.2 Å². The molecule has 1 aromatic heterocycles. The second-order valence-corrected chi connectivity index (χ2v) is 5.40. The third kappa shape index (κ3) is 3.25. The van der Waals surface area contributed by atoms with Gasteiger partial charge in [0, 0.05) is 43.0 Å². The first kappa shape index (κ1) is 14.3. The quantitative estimate of drug-likeness (QED) is 0.903. The molecule has 1 saturated heterocycles. The molecule has 1 N–H and O–H groups in total. The average Bonchev–Trinajstić information content (AvgIpc) is 2.59. The van der Waals surface area contributed by atoms with Crippen molar-refractivity contribution < 1.29 is 4.74 Å². The second-order valence-electron chi connectivity index (χ2n) is 5.40. The molecule has 0 aromatic carbocycles. The molecule has 1 aliphatic rings. The Balaban J connectivity index is 2.18. The zero-order valence-electron chi connectivity index (χ0n) is 12.5. The molecule has 1 aliphatic heterocycles. The Morgan fingerprint density at radius 3 is 2.95 bits per heavy atom. The van der Waals surface area contributed by atoms with E-state index in [0.29, 0.717) is 6.04 Å². The second kappa shape index (κ2) is 6.35. The van der Waals surface area contributed by atoms with Crippen LogP contribution in [0.1, 0.15) is 30.2 Å². The van der Waals surface area contributed by atoms with E-state index in [4.69, 9.17) is 4.74 Å². The molecular weight excluding hydrogens is 238 g/mol. The number of aryl methyl sites for hydroxylation is 1. The zero-order chi connectivity index (χ0) is 13.8. The first-order valence-corrected chi connectivity index (χ1v) is 7.07. The van der Waals surface area contributed by atoms with Crippen molar-refractivity contribution >= 4 is 0 Å². The molecule has 2 rings (SSSR count). The Morgan fingerprint density at radius 1 is 1.42 bits per heavy atom. The van der Waals surface area contributed by atoms with Crippen LogP contribution in [0, 0.1) is 13.8 Å². The highest BCUT2D eigenvalue weighted by molar-refractivity contribution is 5.41. The molecule has 0 spiro atoms. The topological polar surface area (TPSA) is 37.4 Å². The van der Waals surface area contributed by atoms with Gasteiger partial charge in [0.25, 0.3) is 0 Å². The maximum absolute atomic E-state index is 5.49. The summed E-state index contributed by atoms with van der Waals surface area (Å²) in [6.45, 7) is 10.6. The van der Waals surface area contributed by atoms with Crippen molar-refractivity contribution in [2.75, 3.05) is 26.7 Å². The van der Waals surface area contributed by atoms with Crippen LogP contribution in [0.5, 0.6) is 5.75 Å². The summed E-state index contributed by atoms with van der Waals surface area (Å²) >= 11 is 0. The summed E-state index contributed by atoms with van der Waals surface area (Å²) in [4.78, 5) is 7.11. The van der Waals surface area contributed by atoms with E-state index in [2.05, 4.69) is 29.0 Å². The Bertz CT molecular complexity index is 434. The molecule has 0 amide bonds. The average molecular weight is 263 g/mol. The molecule has 2 heterocycles. The lowest BCUT2D eigenvalue weighted by Crippen LogP contribution is -2.34. The highest BCUT2D eigenvalue weighted by Gasteiger charge is 2.19. The summed E-state index contributed by atoms with van der Waals surface area (Å²) in [5.41, 5.74) is 3.41. The SMILES string of the molecule is COc1c(C)cnc(CN2CCNCCC2C)c1C. The standard InChI is InChI=1S/C15H25N3O/c1-11-9-17-14(13(3)15(11)19-4)10-18-8-7-16-6-5-12(18)2/h9,12,16H,5-8,10H2,1-4H3. The molecule has 0 bridgehead atoms. The van der Waals surface area contributed by atoms with Crippen LogP contribution < -0.4 is 10.1 Å². The minimum Gasteiger partial charge on any atom is -0.496 e. The van der Waals surface area contributed by atoms with Crippen LogP contribution >= 0.6 is 0 Å². The van der Waals surface area contributed by atoms with E-state index in [1.165, 1.54) is 12.0 Å². The summed E-state index contributed by atoms with van der Waals surface area (Å²) in [5.74, 6) is 0.977. The molecule has 1 fully saturated rings. The van der Waals surface area contributed by atoms with Crippen LogP contribution in [-0.2, 0) is 6.54 Å². The van der Waals surface area contributed by atoms with E-state index in [0.717, 1.165) is 43.2 Å². The van der Waals surface area contributed by atoms with E-state index >= 15 is 0 Å². The lowest BCUT2D eigenvalue weighted by Gasteiger charge is -2.27. The summed E-state index contributed by atoms with van der Waals surface area (Å²) < 4.78 is 5.49. The van der Waals surface area contributed by atoms with Gasteiger partial charge in [0.15, 0.2) is 0 Å². The van der Waals surface area contributed by atoms with Gasteiger partial charge in [-0.05, 0) is 33.7 Å². The Labute approximate surface area is 116 Å². The van der Waals surface area contributed by atoms with Crippen molar-refractivity contribution in [1.29, 1.82) is 0 Å². The summed E-state index contributed by atoms with van der Waals surface area (Å²) in [7, 11) is 1.73. The molecule has 0 saturated carbocycles. The Morgan fingerprint density at radius 2 is 2.21 bits per heavy atom. The first-order valence-electron chi connectivity index (χ1n) is 7.07. The minimum absolute atomic E-state index is 0.600. The highest BCUT2D eigenvalue weighted by Crippen LogP contribution is 2.25. The van der Waals surface area contributed by atoms with Gasteiger partial charge in [0.05, 0.1) is 12.8 Å². The van der Waals surface area contributed by atoms with Gasteiger partial charge in [-0.2, -0.15) is 0 Å². The van der Waals surface area contributed by atoms with Gasteiger partial charge < -0.3 is 10.1 Å². The number of hydrogen-bond donors (Lipinski definition) is 1. The van der Waals surface area contributed by atoms with Crippen molar-refractivity contribution in [3.8, 4) is 5.75 Å². The van der Waals surface area contributed by atoms with E-state index < -0.39 is 0 Å². The fourth-order valence-corrected chi connectivity index (χ4v) is 2.72. The van der Waals surface area contributed by atoms with E-state index in [9.17, 15) is 0 Å². The van der Waals surface area contributed by atoms with Gasteiger partial charge in [-0.15, -0.1) is 0 Å². The molecule has 19 heavy (non-hydrogen) atoms. The monoisotopic (exact) mass is 263 g/mol. The smallest absolute Gasteiger partial charge is 0.128 e. The van der Waals surface area contributed by atoms with Gasteiger partial charge in [-0.3, -0.25) is 9.88 Å². The molecule has 0 radical (unpaired) electrons. The maximum Gasteiger partial charge on any atom is 0.128 e. The number of methoxy groups -OCH3 is 1. The van der Waals surface area contributed by atoms with E-state index in [-0.39, 0.29) is 0 Å². The maximum atomic E-state index is 5.49. The molecule has 1 aromatic rings. The minimum atomic E-state index is 0.600. The fourth-order valence-electron chi connectivity index (χ4n) is 2.72. The van der Waals surface area contributed by atoms with Crippen molar-refractivity contribution in [2.24, 2.45) is 0 Å². The van der Waals surface area contributed by atoms with Crippen LogP contribution in [0.2, 0.25) is 0 Å². The van der Waals surface area contributed by atoms with Crippen molar-refractivity contribution in [3.05, 3.63) is 23.0 Å². The molecule has 4 nitrogen and oxygen atoms in total. The lowest BCUT2D eigenvalue weighted by atomic mass is 10.1. The predicted octanol–water partition coefficient (Wildman–Crippen LogP) is 1.89. The van der Waals surface area contributed by atoms with Crippen LogP contribution in [-0.4, -0.2) is 42.7 Å². The van der Waals surface area contributed by atoms with E-state index in [1.807, 2.05) is 13.1 Å². The molecule has 1 unspecified atom stereocenters. The summed E-state index contributed by atoms with van der Waals surface area (Å²) in [5, 5.41) is 3.45. The summed E-state index contributed by atoms with van der Waals surface area (Å²) in [6.07, 6.45) is 3.12. The number of aromatic nitrogens is 1. The number of pyridine rings is 1. The number of nitrogens with zero attached hydrogens (tertiary/aromatic N) is 2. The lowest BCUT2D eigenvalue weighted by molar-refractivity contribution is 0.208.